The molecule has 1 aromatic carbocycles. The molecule has 4 heterocycles. The quantitative estimate of drug-likeness (QED) is 0.329. The highest BCUT2D eigenvalue weighted by Crippen LogP contribution is 2.38. The normalized spacial score (nSPS) is 24.6. The minimum atomic E-state index is -1.63. The molecule has 12 nitrogen and oxygen atoms in total. The van der Waals surface area contributed by atoms with Gasteiger partial charge in [-0.25, -0.2) is 22.8 Å². The van der Waals surface area contributed by atoms with E-state index in [-0.39, 0.29) is 17.1 Å². The number of halogens is 3. The Hall–Kier alpha value is -3.79. The van der Waals surface area contributed by atoms with Gasteiger partial charge in [0.2, 0.25) is 0 Å². The number of hydrogen-bond donors (Lipinski definition) is 3. The molecule has 0 spiro atoms. The number of ether oxygens (including phenoxy) is 1. The van der Waals surface area contributed by atoms with Crippen LogP contribution in [0.15, 0.2) is 43.2 Å². The Morgan fingerprint density at radius 3 is 2.49 bits per heavy atom. The lowest BCUT2D eigenvalue weighted by Gasteiger charge is -2.41. The number of hydrogen-bond acceptors (Lipinski definition) is 10. The molecule has 1 aliphatic heterocycles. The molecule has 3 aromatic heterocycles. The molecule has 4 aromatic rings. The Morgan fingerprint density at radius 2 is 1.80 bits per heavy atom. The summed E-state index contributed by atoms with van der Waals surface area (Å²) in [5.41, 5.74) is -0.158. The van der Waals surface area contributed by atoms with E-state index in [1.165, 1.54) is 35.7 Å². The fourth-order valence-corrected chi connectivity index (χ4v) is 3.92. The van der Waals surface area contributed by atoms with E-state index in [2.05, 4.69) is 30.5 Å². The molecule has 182 valence electrons. The minimum Gasteiger partial charge on any atom is -0.394 e. The summed E-state index contributed by atoms with van der Waals surface area (Å²) in [6, 6.07) is 0.257. The van der Waals surface area contributed by atoms with Gasteiger partial charge in [0.05, 0.1) is 19.0 Å². The summed E-state index contributed by atoms with van der Waals surface area (Å²) in [7, 11) is 0. The van der Waals surface area contributed by atoms with Gasteiger partial charge in [0.1, 0.15) is 42.5 Å². The zero-order valence-electron chi connectivity index (χ0n) is 17.6. The topological polar surface area (TPSA) is 157 Å². The SMILES string of the molecule is OC[C@H]1O[C@@H](c2nncn2-c2cnccn2)[C@H](O)[C@@H](n2cc(-c3cc(F)c(F)c(F)c3)nn2)[C@H]1O. The minimum absolute atomic E-state index is 0.0477. The molecular formula is C20H17F3N8O4. The van der Waals surface area contributed by atoms with E-state index in [4.69, 9.17) is 4.74 Å². The molecule has 5 rings (SSSR count). The Kier molecular flexibility index (Phi) is 5.98. The van der Waals surface area contributed by atoms with Crippen molar-refractivity contribution in [2.24, 2.45) is 0 Å². The Labute approximate surface area is 194 Å². The van der Waals surface area contributed by atoms with Gasteiger partial charge in [0.25, 0.3) is 0 Å². The van der Waals surface area contributed by atoms with Crippen LogP contribution in [0.25, 0.3) is 17.1 Å². The number of rotatable bonds is 5. The lowest BCUT2D eigenvalue weighted by Crippen LogP contribution is -2.53. The van der Waals surface area contributed by atoms with E-state index in [0.717, 1.165) is 16.8 Å². The summed E-state index contributed by atoms with van der Waals surface area (Å²) >= 11 is 0. The molecular weight excluding hydrogens is 473 g/mol. The van der Waals surface area contributed by atoms with Crippen molar-refractivity contribution in [2.45, 2.75) is 30.5 Å². The van der Waals surface area contributed by atoms with Crippen LogP contribution in [-0.2, 0) is 4.74 Å². The Balaban J connectivity index is 1.51. The highest BCUT2D eigenvalue weighted by atomic mass is 19.2. The van der Waals surface area contributed by atoms with Crippen LogP contribution in [0.4, 0.5) is 13.2 Å². The van der Waals surface area contributed by atoms with Gasteiger partial charge in [-0.15, -0.1) is 15.3 Å². The largest absolute Gasteiger partial charge is 0.394 e. The van der Waals surface area contributed by atoms with Crippen LogP contribution in [0.5, 0.6) is 0 Å². The van der Waals surface area contributed by atoms with Crippen molar-refractivity contribution in [1.29, 1.82) is 0 Å². The molecule has 15 heteroatoms. The third kappa shape index (κ3) is 4.03. The monoisotopic (exact) mass is 490 g/mol. The van der Waals surface area contributed by atoms with E-state index < -0.39 is 54.5 Å². The van der Waals surface area contributed by atoms with Crippen molar-refractivity contribution in [2.75, 3.05) is 6.61 Å². The standard InChI is InChI=1S/C20H17F3N8O4/c21-10-3-9(4-11(22)15(10)23)12-6-31(29-27-12)16-17(33)13(7-32)35-19(18(16)34)20-28-26-8-30(20)14-5-24-1-2-25-14/h1-6,8,13,16-19,32-34H,7H2/t13-,16+,17+,18-,19-/m1/s1. The van der Waals surface area contributed by atoms with Gasteiger partial charge in [0, 0.05) is 18.0 Å². The lowest BCUT2D eigenvalue weighted by atomic mass is 9.92. The first-order chi connectivity index (χ1) is 16.9. The van der Waals surface area contributed by atoms with Crippen molar-refractivity contribution in [1.82, 2.24) is 39.7 Å². The summed E-state index contributed by atoms with van der Waals surface area (Å²) in [6.45, 7) is -0.615. The summed E-state index contributed by atoms with van der Waals surface area (Å²) < 4.78 is 48.9. The molecule has 0 unspecified atom stereocenters. The highest BCUT2D eigenvalue weighted by Gasteiger charge is 2.48. The first-order valence-corrected chi connectivity index (χ1v) is 10.2. The second kappa shape index (κ2) is 9.10. The second-order valence-electron chi connectivity index (χ2n) is 7.71. The number of benzene rings is 1. The van der Waals surface area contributed by atoms with Crippen LogP contribution in [0.2, 0.25) is 0 Å². The molecule has 1 aliphatic rings. The zero-order chi connectivity index (χ0) is 24.7. The van der Waals surface area contributed by atoms with E-state index in [9.17, 15) is 28.5 Å². The van der Waals surface area contributed by atoms with Gasteiger partial charge >= 0.3 is 0 Å². The molecule has 0 aliphatic carbocycles. The maximum atomic E-state index is 13.7. The maximum absolute atomic E-state index is 13.7. The van der Waals surface area contributed by atoms with Crippen molar-refractivity contribution < 1.29 is 33.2 Å². The highest BCUT2D eigenvalue weighted by molar-refractivity contribution is 5.57. The molecule has 3 N–H and O–H groups in total. The van der Waals surface area contributed by atoms with Crippen LogP contribution in [0, 0.1) is 17.5 Å². The smallest absolute Gasteiger partial charge is 0.194 e. The molecule has 0 saturated carbocycles. The van der Waals surface area contributed by atoms with Crippen molar-refractivity contribution >= 4 is 0 Å². The van der Waals surface area contributed by atoms with E-state index in [1.807, 2.05) is 0 Å². The van der Waals surface area contributed by atoms with E-state index in [1.54, 1.807) is 0 Å². The van der Waals surface area contributed by atoms with Crippen LogP contribution < -0.4 is 0 Å². The molecule has 0 amide bonds. The third-order valence-corrected chi connectivity index (χ3v) is 5.61. The number of aliphatic hydroxyl groups is 3. The lowest BCUT2D eigenvalue weighted by molar-refractivity contribution is -0.210. The Bertz CT molecular complexity index is 1310. The summed E-state index contributed by atoms with van der Waals surface area (Å²) in [4.78, 5) is 8.14. The van der Waals surface area contributed by atoms with Crippen LogP contribution in [0.1, 0.15) is 18.0 Å². The maximum Gasteiger partial charge on any atom is 0.194 e. The zero-order valence-corrected chi connectivity index (χ0v) is 17.6. The van der Waals surface area contributed by atoms with Crippen molar-refractivity contribution in [3.63, 3.8) is 0 Å². The molecule has 5 atom stereocenters. The second-order valence-corrected chi connectivity index (χ2v) is 7.71. The Morgan fingerprint density at radius 1 is 1.03 bits per heavy atom. The first-order valence-electron chi connectivity index (χ1n) is 10.2. The molecule has 35 heavy (non-hydrogen) atoms. The van der Waals surface area contributed by atoms with Crippen LogP contribution in [0.3, 0.4) is 0 Å². The van der Waals surface area contributed by atoms with Crippen LogP contribution >= 0.6 is 0 Å². The van der Waals surface area contributed by atoms with Gasteiger partial charge in [0.15, 0.2) is 29.1 Å². The average molecular weight is 490 g/mol. The fraction of sp³-hybridized carbons (Fsp3) is 0.300. The van der Waals surface area contributed by atoms with Crippen molar-refractivity contribution in [3.8, 4) is 17.1 Å². The predicted molar refractivity (Wildman–Crippen MR) is 108 cm³/mol. The summed E-state index contributed by atoms with van der Waals surface area (Å²) in [5.74, 6) is -4.02. The molecule has 0 bridgehead atoms. The first kappa shape index (κ1) is 23.0. The van der Waals surface area contributed by atoms with Crippen LogP contribution in [-0.4, -0.2) is 80.0 Å². The summed E-state index contributed by atoms with van der Waals surface area (Å²) in [5, 5.41) is 47.3. The average Bonchev–Trinajstić information content (AvgIpc) is 3.54. The van der Waals surface area contributed by atoms with E-state index in [0.29, 0.717) is 5.82 Å². The van der Waals surface area contributed by atoms with Gasteiger partial charge in [-0.05, 0) is 12.1 Å². The predicted octanol–water partition coefficient (Wildman–Crippen LogP) is 0.128. The summed E-state index contributed by atoms with van der Waals surface area (Å²) in [6.07, 6.45) is 1.55. The van der Waals surface area contributed by atoms with Gasteiger partial charge in [-0.3, -0.25) is 9.55 Å². The van der Waals surface area contributed by atoms with Crippen molar-refractivity contribution in [3.05, 3.63) is 66.5 Å². The van der Waals surface area contributed by atoms with Gasteiger partial charge in [-0.1, -0.05) is 5.21 Å². The van der Waals surface area contributed by atoms with E-state index >= 15 is 0 Å². The number of aliphatic hydroxyl groups excluding tert-OH is 3. The van der Waals surface area contributed by atoms with Gasteiger partial charge in [-0.2, -0.15) is 0 Å². The number of nitrogens with zero attached hydrogens (tertiary/aromatic N) is 8. The molecule has 1 saturated heterocycles. The molecule has 0 radical (unpaired) electrons. The van der Waals surface area contributed by atoms with Gasteiger partial charge < -0.3 is 20.1 Å². The number of aromatic nitrogens is 8. The molecule has 1 fully saturated rings. The third-order valence-electron chi connectivity index (χ3n) is 5.61. The fourth-order valence-electron chi connectivity index (χ4n) is 3.92.